The van der Waals surface area contributed by atoms with E-state index in [1.54, 1.807) is 43.3 Å². The molecule has 0 saturated carbocycles. The number of hydrogen-bond acceptors (Lipinski definition) is 3. The Balaban J connectivity index is 2.25. The molecule has 0 spiro atoms. The van der Waals surface area contributed by atoms with E-state index < -0.39 is 0 Å². The minimum atomic E-state index is -0.359. The summed E-state index contributed by atoms with van der Waals surface area (Å²) in [7, 11) is 1.49. The Morgan fingerprint density at radius 1 is 1.20 bits per heavy atom. The van der Waals surface area contributed by atoms with Crippen molar-refractivity contribution in [2.24, 2.45) is 0 Å². The Labute approximate surface area is 156 Å². The first-order valence-corrected chi connectivity index (χ1v) is 8.25. The highest BCUT2D eigenvalue weighted by molar-refractivity contribution is 6.32. The molecule has 132 valence electrons. The summed E-state index contributed by atoms with van der Waals surface area (Å²) in [5.41, 5.74) is 1.78. The van der Waals surface area contributed by atoms with Crippen LogP contribution in [0.15, 0.2) is 36.4 Å². The number of amides is 2. The Morgan fingerprint density at radius 2 is 1.92 bits per heavy atom. The molecule has 0 aliphatic rings. The number of nitrogens with zero attached hydrogens (tertiary/aromatic N) is 1. The molecule has 0 aromatic heterocycles. The van der Waals surface area contributed by atoms with Crippen LogP contribution in [0.2, 0.25) is 10.0 Å². The molecular formula is C18H18Cl2N2O3. The molecule has 0 aliphatic heterocycles. The number of methoxy groups -OCH3 is 1. The van der Waals surface area contributed by atoms with E-state index in [2.05, 4.69) is 5.32 Å². The van der Waals surface area contributed by atoms with E-state index >= 15 is 0 Å². The number of carbonyl (C=O) groups excluding carboxylic acids is 2. The van der Waals surface area contributed by atoms with Gasteiger partial charge < -0.3 is 10.1 Å². The monoisotopic (exact) mass is 380 g/mol. The lowest BCUT2D eigenvalue weighted by Gasteiger charge is -2.23. The number of carbonyl (C=O) groups is 2. The van der Waals surface area contributed by atoms with Gasteiger partial charge in [-0.3, -0.25) is 14.5 Å². The van der Waals surface area contributed by atoms with Crippen LogP contribution in [0.25, 0.3) is 0 Å². The third-order valence-corrected chi connectivity index (χ3v) is 4.30. The standard InChI is InChI=1S/C18H18Cl2N2O3/c1-11-14(20)5-4-6-15(11)21-18(24)10-22(12(2)23)16-9-13(19)7-8-17(16)25-3/h4-9H,10H2,1-3H3,(H,21,24). The Kier molecular flexibility index (Phi) is 6.28. The number of rotatable bonds is 5. The third kappa shape index (κ3) is 4.65. The van der Waals surface area contributed by atoms with E-state index in [9.17, 15) is 9.59 Å². The number of anilines is 2. The average Bonchev–Trinajstić information content (AvgIpc) is 2.56. The van der Waals surface area contributed by atoms with E-state index in [-0.39, 0.29) is 18.4 Å². The summed E-state index contributed by atoms with van der Waals surface area (Å²) in [6, 6.07) is 10.1. The summed E-state index contributed by atoms with van der Waals surface area (Å²) >= 11 is 12.1. The van der Waals surface area contributed by atoms with Crippen molar-refractivity contribution in [1.82, 2.24) is 0 Å². The van der Waals surface area contributed by atoms with Crippen LogP contribution in [0, 0.1) is 6.92 Å². The lowest BCUT2D eigenvalue weighted by atomic mass is 10.2. The van der Waals surface area contributed by atoms with Gasteiger partial charge in [0.2, 0.25) is 11.8 Å². The van der Waals surface area contributed by atoms with Gasteiger partial charge in [-0.25, -0.2) is 0 Å². The highest BCUT2D eigenvalue weighted by Gasteiger charge is 2.20. The lowest BCUT2D eigenvalue weighted by Crippen LogP contribution is -2.37. The molecule has 0 unspecified atom stereocenters. The van der Waals surface area contributed by atoms with Gasteiger partial charge in [0.25, 0.3) is 0 Å². The van der Waals surface area contributed by atoms with Crippen LogP contribution in [0.1, 0.15) is 12.5 Å². The van der Waals surface area contributed by atoms with Gasteiger partial charge in [0.05, 0.1) is 12.8 Å². The number of benzene rings is 2. The number of nitrogens with one attached hydrogen (secondary N) is 1. The van der Waals surface area contributed by atoms with E-state index in [4.69, 9.17) is 27.9 Å². The van der Waals surface area contributed by atoms with Crippen molar-refractivity contribution in [2.75, 3.05) is 23.9 Å². The summed E-state index contributed by atoms with van der Waals surface area (Å²) in [6.45, 7) is 3.00. The van der Waals surface area contributed by atoms with Gasteiger partial charge in [0.15, 0.2) is 0 Å². The van der Waals surface area contributed by atoms with Crippen LogP contribution in [-0.4, -0.2) is 25.5 Å². The molecular weight excluding hydrogens is 363 g/mol. The normalized spacial score (nSPS) is 10.3. The van der Waals surface area contributed by atoms with Crippen LogP contribution >= 0.6 is 23.2 Å². The molecule has 2 rings (SSSR count). The van der Waals surface area contributed by atoms with Gasteiger partial charge >= 0.3 is 0 Å². The molecule has 0 saturated heterocycles. The molecule has 2 aromatic carbocycles. The predicted octanol–water partition coefficient (Wildman–Crippen LogP) is 4.30. The van der Waals surface area contributed by atoms with Gasteiger partial charge in [-0.15, -0.1) is 0 Å². The molecule has 7 heteroatoms. The van der Waals surface area contributed by atoms with E-state index in [1.165, 1.54) is 18.9 Å². The van der Waals surface area contributed by atoms with Gasteiger partial charge in [-0.1, -0.05) is 29.3 Å². The summed E-state index contributed by atoms with van der Waals surface area (Å²) in [6.07, 6.45) is 0. The first kappa shape index (κ1) is 19.1. The van der Waals surface area contributed by atoms with E-state index in [1.807, 2.05) is 0 Å². The smallest absolute Gasteiger partial charge is 0.244 e. The summed E-state index contributed by atoms with van der Waals surface area (Å²) in [5, 5.41) is 3.76. The number of hydrogen-bond donors (Lipinski definition) is 1. The summed E-state index contributed by atoms with van der Waals surface area (Å²) < 4.78 is 5.26. The molecule has 25 heavy (non-hydrogen) atoms. The second-order valence-electron chi connectivity index (χ2n) is 5.38. The van der Waals surface area contributed by atoms with Gasteiger partial charge in [0.1, 0.15) is 12.3 Å². The van der Waals surface area contributed by atoms with Gasteiger partial charge in [-0.2, -0.15) is 0 Å². The first-order chi connectivity index (χ1) is 11.8. The SMILES string of the molecule is COc1ccc(Cl)cc1N(CC(=O)Nc1cccc(Cl)c1C)C(C)=O. The molecule has 0 heterocycles. The van der Waals surface area contributed by atoms with Crippen molar-refractivity contribution < 1.29 is 14.3 Å². The lowest BCUT2D eigenvalue weighted by molar-refractivity contribution is -0.120. The Hall–Kier alpha value is -2.24. The quantitative estimate of drug-likeness (QED) is 0.840. The average molecular weight is 381 g/mol. The van der Waals surface area contributed by atoms with Crippen LogP contribution in [0.5, 0.6) is 5.75 Å². The van der Waals surface area contributed by atoms with Gasteiger partial charge in [0, 0.05) is 22.7 Å². The zero-order chi connectivity index (χ0) is 18.6. The summed E-state index contributed by atoms with van der Waals surface area (Å²) in [5.74, 6) is -0.215. The fourth-order valence-electron chi connectivity index (χ4n) is 2.32. The maximum Gasteiger partial charge on any atom is 0.244 e. The molecule has 2 aromatic rings. The molecule has 5 nitrogen and oxygen atoms in total. The van der Waals surface area contributed by atoms with Crippen LogP contribution < -0.4 is 15.0 Å². The van der Waals surface area contributed by atoms with Crippen molar-refractivity contribution in [2.45, 2.75) is 13.8 Å². The fourth-order valence-corrected chi connectivity index (χ4v) is 2.66. The van der Waals surface area contributed by atoms with Crippen LogP contribution in [0.4, 0.5) is 11.4 Å². The van der Waals surface area contributed by atoms with E-state index in [0.717, 1.165) is 5.56 Å². The first-order valence-electron chi connectivity index (χ1n) is 7.50. The van der Waals surface area contributed by atoms with Crippen molar-refractivity contribution in [3.63, 3.8) is 0 Å². The molecule has 0 fully saturated rings. The maximum absolute atomic E-state index is 12.4. The molecule has 0 aliphatic carbocycles. The minimum Gasteiger partial charge on any atom is -0.495 e. The zero-order valence-corrected chi connectivity index (χ0v) is 15.6. The third-order valence-electron chi connectivity index (χ3n) is 3.66. The Bertz CT molecular complexity index is 809. The topological polar surface area (TPSA) is 58.6 Å². The van der Waals surface area contributed by atoms with E-state index in [0.29, 0.717) is 27.2 Å². The highest BCUT2D eigenvalue weighted by Crippen LogP contribution is 2.31. The second kappa shape index (κ2) is 8.23. The largest absolute Gasteiger partial charge is 0.495 e. The molecule has 0 radical (unpaired) electrons. The van der Waals surface area contributed by atoms with Crippen molar-refractivity contribution in [3.05, 3.63) is 52.0 Å². The number of halogens is 2. The fraction of sp³-hybridized carbons (Fsp3) is 0.222. The van der Waals surface area contributed by atoms with Crippen molar-refractivity contribution in [1.29, 1.82) is 0 Å². The predicted molar refractivity (Wildman–Crippen MR) is 101 cm³/mol. The van der Waals surface area contributed by atoms with Crippen molar-refractivity contribution in [3.8, 4) is 5.75 Å². The number of ether oxygens (including phenoxy) is 1. The Morgan fingerprint density at radius 3 is 2.56 bits per heavy atom. The van der Waals surface area contributed by atoms with Crippen molar-refractivity contribution >= 4 is 46.4 Å². The maximum atomic E-state index is 12.4. The van der Waals surface area contributed by atoms with Gasteiger partial charge in [-0.05, 0) is 42.8 Å². The minimum absolute atomic E-state index is 0.183. The molecule has 2 amide bonds. The molecule has 0 atom stereocenters. The van der Waals surface area contributed by atoms with Crippen LogP contribution in [-0.2, 0) is 9.59 Å². The highest BCUT2D eigenvalue weighted by atomic mass is 35.5. The summed E-state index contributed by atoms with van der Waals surface area (Å²) in [4.78, 5) is 25.8. The van der Waals surface area contributed by atoms with Crippen LogP contribution in [0.3, 0.4) is 0 Å². The zero-order valence-electron chi connectivity index (χ0n) is 14.1. The second-order valence-corrected chi connectivity index (χ2v) is 6.23. The molecule has 0 bridgehead atoms. The molecule has 1 N–H and O–H groups in total.